The van der Waals surface area contributed by atoms with Crippen molar-refractivity contribution in [2.24, 2.45) is 13.0 Å². The van der Waals surface area contributed by atoms with Gasteiger partial charge in [-0.25, -0.2) is 0 Å². The molecule has 4 N–H and O–H groups in total. The fraction of sp³-hybridized carbons (Fsp3) is 0.667. The number of nitrogens with zero attached hydrogens (tertiary/aromatic N) is 2. The van der Waals surface area contributed by atoms with Crippen molar-refractivity contribution in [3.63, 3.8) is 0 Å². The van der Waals surface area contributed by atoms with Gasteiger partial charge in [0.05, 0.1) is 11.4 Å². The largest absolute Gasteiger partial charge is 0.394 e. The predicted molar refractivity (Wildman–Crippen MR) is 71.2 cm³/mol. The maximum absolute atomic E-state index is 11.4. The zero-order valence-electron chi connectivity index (χ0n) is 11.0. The van der Waals surface area contributed by atoms with E-state index >= 15 is 0 Å². The van der Waals surface area contributed by atoms with E-state index in [2.05, 4.69) is 15.7 Å². The summed E-state index contributed by atoms with van der Waals surface area (Å²) in [7, 11) is 1.86. The van der Waals surface area contributed by atoms with E-state index < -0.39 is 0 Å². The van der Waals surface area contributed by atoms with Crippen molar-refractivity contribution in [3.8, 4) is 0 Å². The van der Waals surface area contributed by atoms with E-state index in [1.807, 2.05) is 14.0 Å². The maximum Gasteiger partial charge on any atom is 0.223 e. The molecule has 1 aromatic rings. The van der Waals surface area contributed by atoms with Crippen LogP contribution in [-0.2, 0) is 18.3 Å². The van der Waals surface area contributed by atoms with Crippen molar-refractivity contribution in [2.45, 2.75) is 26.2 Å². The first-order valence-corrected chi connectivity index (χ1v) is 6.46. The molecular weight excluding hydrogens is 230 g/mol. The summed E-state index contributed by atoms with van der Waals surface area (Å²) in [5.41, 5.74) is 7.59. The summed E-state index contributed by atoms with van der Waals surface area (Å²) in [5, 5.41) is 10.4. The van der Waals surface area contributed by atoms with Crippen LogP contribution in [0.25, 0.3) is 0 Å². The average molecular weight is 251 g/mol. The van der Waals surface area contributed by atoms with Crippen LogP contribution in [0.5, 0.6) is 0 Å². The van der Waals surface area contributed by atoms with Gasteiger partial charge >= 0.3 is 0 Å². The summed E-state index contributed by atoms with van der Waals surface area (Å²) < 4.78 is 1.75. The van der Waals surface area contributed by atoms with E-state index in [4.69, 9.17) is 5.73 Å². The second-order valence-corrected chi connectivity index (χ2v) is 4.68. The van der Waals surface area contributed by atoms with Crippen LogP contribution >= 0.6 is 0 Å². The minimum Gasteiger partial charge on any atom is -0.394 e. The maximum atomic E-state index is 11.4. The SMILES string of the molecule is CCc1nn(C)c(NCCNC(=O)C2CC2)c1N. The van der Waals surface area contributed by atoms with Crippen LogP contribution in [0.1, 0.15) is 25.5 Å². The summed E-state index contributed by atoms with van der Waals surface area (Å²) in [6.45, 7) is 3.30. The Balaban J connectivity index is 1.79. The molecule has 100 valence electrons. The number of carbonyl (C=O) groups is 1. The highest BCUT2D eigenvalue weighted by Gasteiger charge is 2.28. The number of hydrogen-bond donors (Lipinski definition) is 3. The molecule has 2 rings (SSSR count). The predicted octanol–water partition coefficient (Wildman–Crippen LogP) is 0.503. The first-order chi connectivity index (χ1) is 8.63. The van der Waals surface area contributed by atoms with E-state index in [9.17, 15) is 4.79 Å². The summed E-state index contributed by atoms with van der Waals surface area (Å²) >= 11 is 0. The summed E-state index contributed by atoms with van der Waals surface area (Å²) in [6, 6.07) is 0. The van der Waals surface area contributed by atoms with Crippen molar-refractivity contribution in [3.05, 3.63) is 5.69 Å². The van der Waals surface area contributed by atoms with Gasteiger partial charge in [-0.3, -0.25) is 9.48 Å². The molecule has 1 amide bonds. The molecule has 0 aliphatic heterocycles. The number of amides is 1. The number of nitrogen functional groups attached to an aromatic ring is 1. The van der Waals surface area contributed by atoms with E-state index in [0.29, 0.717) is 18.8 Å². The lowest BCUT2D eigenvalue weighted by Crippen LogP contribution is -2.30. The number of nitrogens with one attached hydrogen (secondary N) is 2. The van der Waals surface area contributed by atoms with Crippen LogP contribution in [-0.4, -0.2) is 28.8 Å². The van der Waals surface area contributed by atoms with Crippen molar-refractivity contribution < 1.29 is 4.79 Å². The zero-order valence-corrected chi connectivity index (χ0v) is 11.0. The molecule has 0 spiro atoms. The van der Waals surface area contributed by atoms with Crippen LogP contribution in [0, 0.1) is 5.92 Å². The van der Waals surface area contributed by atoms with E-state index in [0.717, 1.165) is 30.8 Å². The molecule has 6 nitrogen and oxygen atoms in total. The van der Waals surface area contributed by atoms with Crippen molar-refractivity contribution in [1.29, 1.82) is 0 Å². The van der Waals surface area contributed by atoms with Crippen molar-refractivity contribution in [2.75, 3.05) is 24.1 Å². The lowest BCUT2D eigenvalue weighted by Gasteiger charge is -2.08. The smallest absolute Gasteiger partial charge is 0.223 e. The lowest BCUT2D eigenvalue weighted by molar-refractivity contribution is -0.122. The van der Waals surface area contributed by atoms with Gasteiger partial charge < -0.3 is 16.4 Å². The summed E-state index contributed by atoms with van der Waals surface area (Å²) in [5.74, 6) is 1.26. The number of nitrogens with two attached hydrogens (primary N) is 1. The molecule has 1 heterocycles. The monoisotopic (exact) mass is 251 g/mol. The number of hydrogen-bond acceptors (Lipinski definition) is 4. The molecule has 0 aromatic carbocycles. The zero-order chi connectivity index (χ0) is 13.1. The van der Waals surface area contributed by atoms with Gasteiger partial charge in [-0.15, -0.1) is 0 Å². The third-order valence-electron chi connectivity index (χ3n) is 3.16. The van der Waals surface area contributed by atoms with Gasteiger partial charge in [-0.1, -0.05) is 6.92 Å². The second kappa shape index (κ2) is 5.29. The highest BCUT2D eigenvalue weighted by atomic mass is 16.2. The van der Waals surface area contributed by atoms with Crippen LogP contribution in [0.4, 0.5) is 11.5 Å². The van der Waals surface area contributed by atoms with Gasteiger partial charge in [0.25, 0.3) is 0 Å². The quantitative estimate of drug-likeness (QED) is 0.643. The molecule has 0 bridgehead atoms. The number of aromatic nitrogens is 2. The molecule has 1 saturated carbocycles. The van der Waals surface area contributed by atoms with Gasteiger partial charge in [0.15, 0.2) is 0 Å². The molecule has 1 aliphatic rings. The molecule has 0 unspecified atom stereocenters. The Morgan fingerprint density at radius 3 is 2.78 bits per heavy atom. The molecule has 1 fully saturated rings. The van der Waals surface area contributed by atoms with Gasteiger partial charge in [-0.05, 0) is 19.3 Å². The van der Waals surface area contributed by atoms with Gasteiger partial charge in [0.2, 0.25) is 5.91 Å². The first-order valence-electron chi connectivity index (χ1n) is 6.46. The molecule has 0 saturated heterocycles. The van der Waals surface area contributed by atoms with Gasteiger partial charge in [0.1, 0.15) is 5.82 Å². The third kappa shape index (κ3) is 2.75. The fourth-order valence-electron chi connectivity index (χ4n) is 1.92. The molecular formula is C12H21N5O. The fourth-order valence-corrected chi connectivity index (χ4v) is 1.92. The Morgan fingerprint density at radius 2 is 2.22 bits per heavy atom. The highest BCUT2D eigenvalue weighted by molar-refractivity contribution is 5.80. The lowest BCUT2D eigenvalue weighted by atomic mass is 10.3. The van der Waals surface area contributed by atoms with E-state index in [1.165, 1.54) is 0 Å². The van der Waals surface area contributed by atoms with Crippen LogP contribution in [0.3, 0.4) is 0 Å². The molecule has 0 atom stereocenters. The first kappa shape index (κ1) is 12.7. The van der Waals surface area contributed by atoms with E-state index in [-0.39, 0.29) is 11.8 Å². The number of rotatable bonds is 6. The second-order valence-electron chi connectivity index (χ2n) is 4.68. The van der Waals surface area contributed by atoms with Gasteiger partial charge in [0, 0.05) is 26.1 Å². The molecule has 6 heteroatoms. The topological polar surface area (TPSA) is 85.0 Å². The minimum atomic E-state index is 0.170. The summed E-state index contributed by atoms with van der Waals surface area (Å²) in [6.07, 6.45) is 2.89. The van der Waals surface area contributed by atoms with Crippen LogP contribution in [0.15, 0.2) is 0 Å². The molecule has 18 heavy (non-hydrogen) atoms. The Kier molecular flexibility index (Phi) is 3.74. The molecule has 1 aromatic heterocycles. The Morgan fingerprint density at radius 1 is 1.50 bits per heavy atom. The Labute approximate surface area is 107 Å². The van der Waals surface area contributed by atoms with Crippen molar-refractivity contribution >= 4 is 17.4 Å². The molecule has 1 aliphatic carbocycles. The number of aryl methyl sites for hydroxylation is 2. The van der Waals surface area contributed by atoms with Crippen molar-refractivity contribution in [1.82, 2.24) is 15.1 Å². The van der Waals surface area contributed by atoms with Crippen LogP contribution < -0.4 is 16.4 Å². The molecule has 0 radical (unpaired) electrons. The number of anilines is 2. The van der Waals surface area contributed by atoms with E-state index in [1.54, 1.807) is 4.68 Å². The highest BCUT2D eigenvalue weighted by Crippen LogP contribution is 2.28. The minimum absolute atomic E-state index is 0.170. The third-order valence-corrected chi connectivity index (χ3v) is 3.16. The number of carbonyl (C=O) groups excluding carboxylic acids is 1. The summed E-state index contributed by atoms with van der Waals surface area (Å²) in [4.78, 5) is 11.4. The van der Waals surface area contributed by atoms with Gasteiger partial charge in [-0.2, -0.15) is 5.10 Å². The normalized spacial score (nSPS) is 14.6. The average Bonchev–Trinajstić information content (AvgIpc) is 3.15. The standard InChI is InChI=1S/C12H21N5O/c1-3-9-10(13)11(17(2)16-9)14-6-7-15-12(18)8-4-5-8/h8,14H,3-7,13H2,1-2H3,(H,15,18). The Bertz CT molecular complexity index is 436. The Hall–Kier alpha value is -1.72. The van der Waals surface area contributed by atoms with Crippen LogP contribution in [0.2, 0.25) is 0 Å².